The third-order valence-corrected chi connectivity index (χ3v) is 1.66. The molecule has 0 saturated heterocycles. The monoisotopic (exact) mass is 185 g/mol. The van der Waals surface area contributed by atoms with Gasteiger partial charge in [0.25, 0.3) is 0 Å². The zero-order chi connectivity index (χ0) is 10.0. The average molecular weight is 185 g/mol. The van der Waals surface area contributed by atoms with Crippen LogP contribution in [-0.2, 0) is 0 Å². The van der Waals surface area contributed by atoms with Gasteiger partial charge in [-0.1, -0.05) is 0 Å². The van der Waals surface area contributed by atoms with Gasteiger partial charge in [0, 0.05) is 6.07 Å². The number of nitrogens with two attached hydrogens (primary N) is 2. The molecule has 1 aromatic carbocycles. The molecule has 0 atom stereocenters. The van der Waals surface area contributed by atoms with E-state index in [4.69, 9.17) is 11.6 Å². The molecule has 4 N–H and O–H groups in total. The van der Waals surface area contributed by atoms with E-state index in [1.54, 1.807) is 0 Å². The van der Waals surface area contributed by atoms with Gasteiger partial charge in [-0.25, -0.2) is 8.78 Å². The van der Waals surface area contributed by atoms with E-state index in [1.807, 2.05) is 0 Å². The van der Waals surface area contributed by atoms with Crippen molar-refractivity contribution in [1.29, 1.82) is 0 Å². The Balaban J connectivity index is 3.32. The lowest BCUT2D eigenvalue weighted by Crippen LogP contribution is -2.17. The van der Waals surface area contributed by atoms with E-state index < -0.39 is 11.6 Å². The molecule has 0 aliphatic carbocycles. The Bertz CT molecular complexity index is 361. The second-order valence-electron chi connectivity index (χ2n) is 2.60. The number of hydrazone groups is 1. The summed E-state index contributed by atoms with van der Waals surface area (Å²) in [7, 11) is 0. The molecule has 3 nitrogen and oxygen atoms in total. The van der Waals surface area contributed by atoms with Crippen LogP contribution in [-0.4, -0.2) is 5.84 Å². The highest BCUT2D eigenvalue weighted by Crippen LogP contribution is 2.13. The predicted molar refractivity (Wildman–Crippen MR) is 46.0 cm³/mol. The van der Waals surface area contributed by atoms with Crippen LogP contribution < -0.4 is 11.6 Å². The summed E-state index contributed by atoms with van der Waals surface area (Å²) in [5.41, 5.74) is 5.59. The minimum absolute atomic E-state index is 0.0152. The Hall–Kier alpha value is -1.65. The van der Waals surface area contributed by atoms with Gasteiger partial charge in [-0.2, -0.15) is 5.10 Å². The first-order valence-corrected chi connectivity index (χ1v) is 3.55. The first kappa shape index (κ1) is 9.44. The molecular formula is C8H9F2N3. The van der Waals surface area contributed by atoms with Crippen molar-refractivity contribution in [2.45, 2.75) is 6.92 Å². The first-order chi connectivity index (χ1) is 6.06. The highest BCUT2D eigenvalue weighted by Gasteiger charge is 2.09. The van der Waals surface area contributed by atoms with E-state index in [1.165, 1.54) is 13.0 Å². The van der Waals surface area contributed by atoms with Crippen molar-refractivity contribution in [2.24, 2.45) is 16.7 Å². The van der Waals surface area contributed by atoms with Gasteiger partial charge in [-0.3, -0.25) is 0 Å². The molecule has 0 unspecified atom stereocenters. The van der Waals surface area contributed by atoms with E-state index in [0.717, 1.165) is 6.07 Å². The summed E-state index contributed by atoms with van der Waals surface area (Å²) < 4.78 is 25.8. The average Bonchev–Trinajstić information content (AvgIpc) is 2.10. The molecule has 0 fully saturated rings. The molecule has 0 aromatic heterocycles. The minimum Gasteiger partial charge on any atom is -0.382 e. The van der Waals surface area contributed by atoms with Crippen LogP contribution in [0.5, 0.6) is 0 Å². The maximum atomic E-state index is 13.0. The fourth-order valence-corrected chi connectivity index (χ4v) is 0.923. The molecule has 0 bridgehead atoms. The van der Waals surface area contributed by atoms with Gasteiger partial charge >= 0.3 is 0 Å². The van der Waals surface area contributed by atoms with Crippen LogP contribution in [0.4, 0.5) is 8.78 Å². The largest absolute Gasteiger partial charge is 0.382 e. The third kappa shape index (κ3) is 1.74. The summed E-state index contributed by atoms with van der Waals surface area (Å²) in [5.74, 6) is 3.32. The van der Waals surface area contributed by atoms with Crippen molar-refractivity contribution in [1.82, 2.24) is 0 Å². The zero-order valence-electron chi connectivity index (χ0n) is 7.01. The Morgan fingerprint density at radius 3 is 2.46 bits per heavy atom. The summed E-state index contributed by atoms with van der Waals surface area (Å²) in [6.45, 7) is 1.50. The number of hydrogen-bond acceptors (Lipinski definition) is 2. The highest BCUT2D eigenvalue weighted by molar-refractivity contribution is 5.97. The van der Waals surface area contributed by atoms with Crippen LogP contribution >= 0.6 is 0 Å². The Kier molecular flexibility index (Phi) is 2.46. The van der Waals surface area contributed by atoms with Crippen LogP contribution in [0.1, 0.15) is 11.1 Å². The Labute approximate surface area is 74.0 Å². The number of halogens is 2. The van der Waals surface area contributed by atoms with E-state index >= 15 is 0 Å². The lowest BCUT2D eigenvalue weighted by atomic mass is 10.1. The van der Waals surface area contributed by atoms with Crippen molar-refractivity contribution in [3.63, 3.8) is 0 Å². The quantitative estimate of drug-likeness (QED) is 0.295. The van der Waals surface area contributed by atoms with Crippen molar-refractivity contribution < 1.29 is 8.78 Å². The molecule has 1 aromatic rings. The fraction of sp³-hybridized carbons (Fsp3) is 0.125. The maximum absolute atomic E-state index is 13.0. The van der Waals surface area contributed by atoms with Crippen LogP contribution in [0.25, 0.3) is 0 Å². The minimum atomic E-state index is -0.769. The van der Waals surface area contributed by atoms with Crippen LogP contribution in [0.3, 0.4) is 0 Å². The molecule has 0 heterocycles. The normalized spacial score (nSPS) is 11.8. The Morgan fingerprint density at radius 1 is 1.31 bits per heavy atom. The second kappa shape index (κ2) is 3.38. The van der Waals surface area contributed by atoms with E-state index in [0.29, 0.717) is 5.56 Å². The van der Waals surface area contributed by atoms with E-state index in [-0.39, 0.29) is 11.4 Å². The van der Waals surface area contributed by atoms with Crippen molar-refractivity contribution >= 4 is 5.84 Å². The molecular weight excluding hydrogens is 176 g/mol. The standard InChI is InChI=1S/C8H9F2N3/c1-4-2-5(8(11)13-12)7(10)3-6(4)9/h2-3H,12H2,1H3,(H2,11,13). The molecule has 0 saturated carbocycles. The van der Waals surface area contributed by atoms with Gasteiger partial charge in [-0.05, 0) is 18.6 Å². The molecule has 0 radical (unpaired) electrons. The molecule has 0 amide bonds. The summed E-state index contributed by atoms with van der Waals surface area (Å²) in [5, 5.41) is 3.12. The molecule has 70 valence electrons. The SMILES string of the molecule is Cc1cc(/C(N)=N/N)c(F)cc1F. The molecule has 5 heteroatoms. The maximum Gasteiger partial charge on any atom is 0.153 e. The fourth-order valence-electron chi connectivity index (χ4n) is 0.923. The smallest absolute Gasteiger partial charge is 0.153 e. The van der Waals surface area contributed by atoms with Crippen molar-refractivity contribution in [2.75, 3.05) is 0 Å². The topological polar surface area (TPSA) is 64.4 Å². The molecule has 0 aliphatic heterocycles. The van der Waals surface area contributed by atoms with E-state index in [2.05, 4.69) is 5.10 Å². The number of nitrogens with zero attached hydrogens (tertiary/aromatic N) is 1. The lowest BCUT2D eigenvalue weighted by molar-refractivity contribution is 0.575. The van der Waals surface area contributed by atoms with Crippen LogP contribution in [0.2, 0.25) is 0 Å². The number of rotatable bonds is 1. The summed E-state index contributed by atoms with van der Waals surface area (Å²) in [4.78, 5) is 0. The van der Waals surface area contributed by atoms with Gasteiger partial charge < -0.3 is 11.6 Å². The summed E-state index contributed by atoms with van der Waals surface area (Å²) in [6.07, 6.45) is 0. The molecule has 1 rings (SSSR count). The lowest BCUT2D eigenvalue weighted by Gasteiger charge is -2.03. The van der Waals surface area contributed by atoms with Gasteiger partial charge in [0.1, 0.15) is 11.6 Å². The Morgan fingerprint density at radius 2 is 1.92 bits per heavy atom. The van der Waals surface area contributed by atoms with Crippen LogP contribution in [0.15, 0.2) is 17.2 Å². The zero-order valence-corrected chi connectivity index (χ0v) is 7.01. The number of hydrogen-bond donors (Lipinski definition) is 2. The van der Waals surface area contributed by atoms with Gasteiger partial charge in [0.2, 0.25) is 0 Å². The highest BCUT2D eigenvalue weighted by atomic mass is 19.1. The third-order valence-electron chi connectivity index (χ3n) is 1.66. The first-order valence-electron chi connectivity index (χ1n) is 3.55. The van der Waals surface area contributed by atoms with Crippen molar-refractivity contribution in [3.05, 3.63) is 34.9 Å². The second-order valence-corrected chi connectivity index (χ2v) is 2.60. The van der Waals surface area contributed by atoms with Gasteiger partial charge in [0.15, 0.2) is 5.84 Å². The van der Waals surface area contributed by atoms with Gasteiger partial charge in [-0.15, -0.1) is 0 Å². The van der Waals surface area contributed by atoms with Crippen molar-refractivity contribution in [3.8, 4) is 0 Å². The predicted octanol–water partition coefficient (Wildman–Crippen LogP) is 0.852. The number of benzene rings is 1. The number of amidine groups is 1. The van der Waals surface area contributed by atoms with Crippen LogP contribution in [0, 0.1) is 18.6 Å². The molecule has 13 heavy (non-hydrogen) atoms. The number of aryl methyl sites for hydroxylation is 1. The summed E-state index contributed by atoms with van der Waals surface area (Å²) in [6, 6.07) is 2.01. The molecule has 0 aliphatic rings. The van der Waals surface area contributed by atoms with Gasteiger partial charge in [0.05, 0.1) is 5.56 Å². The summed E-state index contributed by atoms with van der Waals surface area (Å²) >= 11 is 0. The molecule has 0 spiro atoms. The van der Waals surface area contributed by atoms with E-state index in [9.17, 15) is 8.78 Å².